The summed E-state index contributed by atoms with van der Waals surface area (Å²) in [5.74, 6) is 0.311. The predicted octanol–water partition coefficient (Wildman–Crippen LogP) is 6.69. The summed E-state index contributed by atoms with van der Waals surface area (Å²) in [5.41, 5.74) is 2.88. The summed E-state index contributed by atoms with van der Waals surface area (Å²) in [4.78, 5) is 28.6. The molecule has 2 aromatic carbocycles. The molecule has 0 bridgehead atoms. The number of nitrogens with one attached hydrogen (secondary N) is 4. The molecular weight excluding hydrogens is 625 g/mol. The van der Waals surface area contributed by atoms with Crippen molar-refractivity contribution in [2.75, 3.05) is 49.2 Å². The number of imidazole rings is 1. The first-order chi connectivity index (χ1) is 20.4. The molecule has 1 fully saturated rings. The fourth-order valence-electron chi connectivity index (χ4n) is 4.87. The van der Waals surface area contributed by atoms with E-state index in [0.29, 0.717) is 28.6 Å². The van der Waals surface area contributed by atoms with Gasteiger partial charge in [0.25, 0.3) is 5.91 Å². The van der Waals surface area contributed by atoms with Crippen LogP contribution in [-0.2, 0) is 12.7 Å². The minimum Gasteiger partial charge on any atom is -0.355 e. The summed E-state index contributed by atoms with van der Waals surface area (Å²) in [6.07, 6.45) is -3.08. The van der Waals surface area contributed by atoms with Crippen molar-refractivity contribution >= 4 is 50.7 Å². The monoisotopic (exact) mass is 656 g/mol. The number of likely N-dealkylation sites (N-methyl/N-ethyl adjacent to an activating group) is 1. The molecule has 5 rings (SSSR count). The zero-order valence-electron chi connectivity index (χ0n) is 23.9. The molecule has 2 aromatic heterocycles. The Morgan fingerprint density at radius 2 is 1.79 bits per heavy atom. The van der Waals surface area contributed by atoms with Crippen molar-refractivity contribution in [2.45, 2.75) is 26.6 Å². The van der Waals surface area contributed by atoms with Gasteiger partial charge in [0.05, 0.1) is 17.4 Å². The van der Waals surface area contributed by atoms with Gasteiger partial charge in [-0.05, 0) is 72.2 Å². The molecule has 0 spiro atoms. The quantitative estimate of drug-likeness (QED) is 0.168. The number of hydrogen-bond donors (Lipinski definition) is 4. The van der Waals surface area contributed by atoms with E-state index in [1.54, 1.807) is 31.2 Å². The lowest BCUT2D eigenvalue weighted by Crippen LogP contribution is -2.44. The molecular formula is C30H32BrF3N8O. The van der Waals surface area contributed by atoms with Gasteiger partial charge in [-0.3, -0.25) is 9.69 Å². The number of rotatable bonds is 8. The Morgan fingerprint density at radius 1 is 1.02 bits per heavy atom. The average molecular weight is 658 g/mol. The number of benzene rings is 2. The van der Waals surface area contributed by atoms with Gasteiger partial charge < -0.3 is 25.8 Å². The summed E-state index contributed by atoms with van der Waals surface area (Å²) in [6.45, 7) is 7.03. The number of alkyl halides is 3. The molecule has 13 heteroatoms. The summed E-state index contributed by atoms with van der Waals surface area (Å²) < 4.78 is 42.9. The van der Waals surface area contributed by atoms with Crippen LogP contribution >= 0.6 is 15.9 Å². The Labute approximate surface area is 256 Å². The number of nitrogens with zero attached hydrogens (tertiary/aromatic N) is 4. The average Bonchev–Trinajstić information content (AvgIpc) is 3.40. The maximum Gasteiger partial charge on any atom is 0.416 e. The summed E-state index contributed by atoms with van der Waals surface area (Å²) in [7, 11) is 2.01. The van der Waals surface area contributed by atoms with Gasteiger partial charge in [0.1, 0.15) is 11.5 Å². The van der Waals surface area contributed by atoms with Crippen LogP contribution in [0.25, 0.3) is 0 Å². The molecule has 0 aliphatic carbocycles. The number of aromatic amines is 1. The molecule has 1 saturated heterocycles. The minimum atomic E-state index is -4.49. The van der Waals surface area contributed by atoms with Crippen LogP contribution in [0.1, 0.15) is 32.9 Å². The predicted molar refractivity (Wildman–Crippen MR) is 165 cm³/mol. The van der Waals surface area contributed by atoms with Gasteiger partial charge in [-0.25, -0.2) is 9.97 Å². The molecule has 226 valence electrons. The lowest BCUT2D eigenvalue weighted by Gasteiger charge is -2.33. The number of pyridine rings is 1. The van der Waals surface area contributed by atoms with Crippen LogP contribution < -0.4 is 16.0 Å². The molecule has 4 N–H and O–H groups in total. The zero-order valence-corrected chi connectivity index (χ0v) is 25.5. The van der Waals surface area contributed by atoms with Gasteiger partial charge in [0.15, 0.2) is 0 Å². The number of piperazine rings is 1. The van der Waals surface area contributed by atoms with Crippen LogP contribution in [0.4, 0.5) is 42.0 Å². The van der Waals surface area contributed by atoms with Gasteiger partial charge in [-0.1, -0.05) is 18.2 Å². The number of halogens is 4. The van der Waals surface area contributed by atoms with E-state index in [2.05, 4.69) is 51.7 Å². The Balaban J connectivity index is 1.29. The summed E-state index contributed by atoms with van der Waals surface area (Å²) in [5, 5.41) is 8.98. The highest BCUT2D eigenvalue weighted by molar-refractivity contribution is 9.10. The first kappa shape index (κ1) is 30.5. The highest BCUT2D eigenvalue weighted by Gasteiger charge is 2.34. The number of amides is 1. The Bertz CT molecular complexity index is 1600. The van der Waals surface area contributed by atoms with E-state index in [1.807, 2.05) is 37.1 Å². The standard InChI is InChI=1S/C30H32BrF3N8O/c1-18-5-4-6-24(31)27(18)40-28(43)25-16-35-29(38-25)39-26-15-22(13-19(2)36-26)37-21-8-7-20(23(14-21)30(32,33)34)17-42-11-9-41(3)10-12-42/h4-8,13-16H,9-12,17H2,1-3H3,(H,40,43)(H3,35,36,37,38,39). The maximum atomic E-state index is 14.1. The van der Waals surface area contributed by atoms with Crippen molar-refractivity contribution in [3.63, 3.8) is 0 Å². The first-order valence-electron chi connectivity index (χ1n) is 13.7. The number of H-pyrrole nitrogens is 1. The lowest BCUT2D eigenvalue weighted by molar-refractivity contribution is -0.138. The highest BCUT2D eigenvalue weighted by Crippen LogP contribution is 2.35. The van der Waals surface area contributed by atoms with E-state index < -0.39 is 11.7 Å². The van der Waals surface area contributed by atoms with Gasteiger partial charge in [0, 0.05) is 60.3 Å². The second-order valence-corrected chi connectivity index (χ2v) is 11.5. The van der Waals surface area contributed by atoms with Crippen LogP contribution in [-0.4, -0.2) is 63.9 Å². The van der Waals surface area contributed by atoms with E-state index in [0.717, 1.165) is 42.3 Å². The van der Waals surface area contributed by atoms with E-state index >= 15 is 0 Å². The van der Waals surface area contributed by atoms with E-state index in [9.17, 15) is 18.0 Å². The number of hydrogen-bond acceptors (Lipinski definition) is 7. The second kappa shape index (κ2) is 12.7. The molecule has 0 saturated carbocycles. The SMILES string of the molecule is Cc1cc(Nc2ccc(CN3CCN(C)CC3)c(C(F)(F)F)c2)cc(Nc2ncc(C(=O)Nc3c(C)cccc3Br)[nH]2)n1. The smallest absolute Gasteiger partial charge is 0.355 e. The van der Waals surface area contributed by atoms with Crippen LogP contribution in [0.2, 0.25) is 0 Å². The first-order valence-corrected chi connectivity index (χ1v) is 14.5. The fraction of sp³-hybridized carbons (Fsp3) is 0.300. The van der Waals surface area contributed by atoms with Crippen LogP contribution in [0.3, 0.4) is 0 Å². The lowest BCUT2D eigenvalue weighted by atomic mass is 10.0. The Hall–Kier alpha value is -3.94. The van der Waals surface area contributed by atoms with Crippen molar-refractivity contribution < 1.29 is 18.0 Å². The number of anilines is 5. The third kappa shape index (κ3) is 7.72. The highest BCUT2D eigenvalue weighted by atomic mass is 79.9. The molecule has 4 aromatic rings. The van der Waals surface area contributed by atoms with Crippen LogP contribution in [0.15, 0.2) is 59.2 Å². The largest absolute Gasteiger partial charge is 0.416 e. The van der Waals surface area contributed by atoms with Gasteiger partial charge in [-0.2, -0.15) is 13.2 Å². The number of aryl methyl sites for hydroxylation is 2. The molecule has 0 radical (unpaired) electrons. The van der Waals surface area contributed by atoms with Gasteiger partial charge in [0.2, 0.25) is 5.95 Å². The van der Waals surface area contributed by atoms with Crippen molar-refractivity contribution in [1.82, 2.24) is 24.8 Å². The molecule has 9 nitrogen and oxygen atoms in total. The number of aromatic nitrogens is 3. The Kier molecular flexibility index (Phi) is 9.04. The Morgan fingerprint density at radius 3 is 2.51 bits per heavy atom. The molecule has 3 heterocycles. The van der Waals surface area contributed by atoms with Crippen LogP contribution in [0, 0.1) is 13.8 Å². The maximum absolute atomic E-state index is 14.1. The number of carbonyl (C=O) groups is 1. The summed E-state index contributed by atoms with van der Waals surface area (Å²) >= 11 is 3.45. The molecule has 43 heavy (non-hydrogen) atoms. The van der Waals surface area contributed by atoms with E-state index in [4.69, 9.17) is 0 Å². The summed E-state index contributed by atoms with van der Waals surface area (Å²) in [6, 6.07) is 13.4. The zero-order chi connectivity index (χ0) is 30.7. The van der Waals surface area contributed by atoms with Crippen molar-refractivity contribution in [1.29, 1.82) is 0 Å². The molecule has 1 aliphatic heterocycles. The topological polar surface area (TPSA) is 101 Å². The third-order valence-electron chi connectivity index (χ3n) is 7.17. The molecule has 1 amide bonds. The van der Waals surface area contributed by atoms with Crippen molar-refractivity contribution in [3.8, 4) is 0 Å². The minimum absolute atomic E-state index is 0.236. The van der Waals surface area contributed by atoms with Gasteiger partial charge >= 0.3 is 6.18 Å². The van der Waals surface area contributed by atoms with Crippen molar-refractivity contribution in [2.24, 2.45) is 0 Å². The van der Waals surface area contributed by atoms with Gasteiger partial charge in [-0.15, -0.1) is 0 Å². The second-order valence-electron chi connectivity index (χ2n) is 10.6. The van der Waals surface area contributed by atoms with Crippen molar-refractivity contribution in [3.05, 3.63) is 87.3 Å². The van der Waals surface area contributed by atoms with E-state index in [-0.39, 0.29) is 29.7 Å². The number of carbonyl (C=O) groups excluding carboxylic acids is 1. The number of para-hydroxylation sites is 1. The molecule has 0 atom stereocenters. The third-order valence-corrected chi connectivity index (χ3v) is 7.84. The molecule has 0 unspecified atom stereocenters. The van der Waals surface area contributed by atoms with E-state index in [1.165, 1.54) is 6.20 Å². The fourth-order valence-corrected chi connectivity index (χ4v) is 5.43. The molecule has 1 aliphatic rings. The van der Waals surface area contributed by atoms with Crippen LogP contribution in [0.5, 0.6) is 0 Å². The normalized spacial score (nSPS) is 14.5.